The van der Waals surface area contributed by atoms with Crippen LogP contribution in [0.3, 0.4) is 0 Å². The molecule has 0 radical (unpaired) electrons. The van der Waals surface area contributed by atoms with Gasteiger partial charge in [-0.1, -0.05) is 5.16 Å². The predicted octanol–water partition coefficient (Wildman–Crippen LogP) is 1.61. The number of carboxylic acid groups (broad SMARTS) is 1. The van der Waals surface area contributed by atoms with Crippen molar-refractivity contribution in [3.8, 4) is 11.4 Å². The SMILES string of the molecule is COCc1cc(-c2noc([C@H](C)NC(=O)O)n2)ccn1. The third kappa shape index (κ3) is 3.29. The first-order chi connectivity index (χ1) is 9.60. The Labute approximate surface area is 114 Å². The van der Waals surface area contributed by atoms with Crippen LogP contribution in [0.15, 0.2) is 22.9 Å². The van der Waals surface area contributed by atoms with Gasteiger partial charge in [0.15, 0.2) is 0 Å². The molecule has 0 bridgehead atoms. The van der Waals surface area contributed by atoms with Crippen LogP contribution in [-0.2, 0) is 11.3 Å². The average Bonchev–Trinajstić information content (AvgIpc) is 2.88. The molecule has 8 heteroatoms. The zero-order valence-electron chi connectivity index (χ0n) is 11.0. The zero-order valence-corrected chi connectivity index (χ0v) is 11.0. The molecular weight excluding hydrogens is 264 g/mol. The minimum Gasteiger partial charge on any atom is -0.465 e. The molecule has 0 aliphatic heterocycles. The summed E-state index contributed by atoms with van der Waals surface area (Å²) in [5, 5.41) is 14.7. The van der Waals surface area contributed by atoms with Gasteiger partial charge in [0.25, 0.3) is 0 Å². The number of rotatable bonds is 5. The van der Waals surface area contributed by atoms with Gasteiger partial charge in [0.2, 0.25) is 11.7 Å². The van der Waals surface area contributed by atoms with Gasteiger partial charge in [0.05, 0.1) is 12.3 Å². The van der Waals surface area contributed by atoms with E-state index in [0.717, 1.165) is 11.3 Å². The van der Waals surface area contributed by atoms with Crippen LogP contribution in [0.25, 0.3) is 11.4 Å². The number of pyridine rings is 1. The van der Waals surface area contributed by atoms with Gasteiger partial charge in [-0.3, -0.25) is 4.98 Å². The second-order valence-corrected chi connectivity index (χ2v) is 4.10. The number of ether oxygens (including phenoxy) is 1. The first-order valence-electron chi connectivity index (χ1n) is 5.87. The maximum Gasteiger partial charge on any atom is 0.405 e. The molecule has 0 aromatic carbocycles. The summed E-state index contributed by atoms with van der Waals surface area (Å²) in [6, 6.07) is 2.95. The van der Waals surface area contributed by atoms with E-state index >= 15 is 0 Å². The first-order valence-corrected chi connectivity index (χ1v) is 5.87. The maximum absolute atomic E-state index is 10.6. The van der Waals surface area contributed by atoms with Crippen LogP contribution in [0.5, 0.6) is 0 Å². The van der Waals surface area contributed by atoms with E-state index in [4.69, 9.17) is 14.4 Å². The van der Waals surface area contributed by atoms with Crippen molar-refractivity contribution in [1.29, 1.82) is 0 Å². The smallest absolute Gasteiger partial charge is 0.405 e. The molecule has 2 rings (SSSR count). The van der Waals surface area contributed by atoms with Crippen LogP contribution in [0, 0.1) is 0 Å². The molecule has 8 nitrogen and oxygen atoms in total. The lowest BCUT2D eigenvalue weighted by Gasteiger charge is -2.04. The van der Waals surface area contributed by atoms with Crippen molar-refractivity contribution in [2.45, 2.75) is 19.6 Å². The molecule has 1 atom stereocenters. The molecule has 0 saturated carbocycles. The van der Waals surface area contributed by atoms with Crippen LogP contribution < -0.4 is 5.32 Å². The van der Waals surface area contributed by atoms with E-state index in [1.165, 1.54) is 0 Å². The van der Waals surface area contributed by atoms with Crippen LogP contribution in [-0.4, -0.2) is 33.4 Å². The van der Waals surface area contributed by atoms with Gasteiger partial charge in [-0.15, -0.1) is 0 Å². The minimum absolute atomic E-state index is 0.201. The Morgan fingerprint density at radius 1 is 1.60 bits per heavy atom. The number of nitrogens with one attached hydrogen (secondary N) is 1. The summed E-state index contributed by atoms with van der Waals surface area (Å²) in [7, 11) is 1.58. The largest absolute Gasteiger partial charge is 0.465 e. The number of amides is 1. The third-order valence-electron chi connectivity index (χ3n) is 2.52. The average molecular weight is 278 g/mol. The molecule has 2 heterocycles. The molecule has 0 unspecified atom stereocenters. The van der Waals surface area contributed by atoms with E-state index in [9.17, 15) is 4.79 Å². The predicted molar refractivity (Wildman–Crippen MR) is 67.8 cm³/mol. The summed E-state index contributed by atoms with van der Waals surface area (Å²) in [6.45, 7) is 2.00. The molecule has 0 aliphatic carbocycles. The van der Waals surface area contributed by atoms with E-state index in [2.05, 4.69) is 20.4 Å². The number of methoxy groups -OCH3 is 1. The summed E-state index contributed by atoms with van der Waals surface area (Å²) in [5.74, 6) is 0.575. The molecule has 106 valence electrons. The van der Waals surface area contributed by atoms with Gasteiger partial charge in [-0.25, -0.2) is 4.79 Å². The van der Waals surface area contributed by atoms with E-state index in [1.807, 2.05) is 0 Å². The third-order valence-corrected chi connectivity index (χ3v) is 2.52. The topological polar surface area (TPSA) is 110 Å². The highest BCUT2D eigenvalue weighted by Crippen LogP contribution is 2.19. The van der Waals surface area contributed by atoms with Crippen LogP contribution >= 0.6 is 0 Å². The molecule has 1 amide bonds. The van der Waals surface area contributed by atoms with Crippen molar-refractivity contribution in [1.82, 2.24) is 20.4 Å². The van der Waals surface area contributed by atoms with Gasteiger partial charge >= 0.3 is 6.09 Å². The van der Waals surface area contributed by atoms with Crippen LogP contribution in [0.4, 0.5) is 4.79 Å². The normalized spacial score (nSPS) is 12.1. The Morgan fingerprint density at radius 3 is 3.10 bits per heavy atom. The number of aromatic nitrogens is 3. The number of hydrogen-bond acceptors (Lipinski definition) is 6. The Kier molecular flexibility index (Phi) is 4.26. The first kappa shape index (κ1) is 13.9. The molecule has 2 aromatic heterocycles. The molecule has 0 aliphatic rings. The lowest BCUT2D eigenvalue weighted by atomic mass is 10.2. The Hall–Kier alpha value is -2.48. The van der Waals surface area contributed by atoms with Gasteiger partial charge in [0.1, 0.15) is 6.04 Å². The Balaban J connectivity index is 2.19. The van der Waals surface area contributed by atoms with Crippen molar-refractivity contribution in [3.63, 3.8) is 0 Å². The highest BCUT2D eigenvalue weighted by atomic mass is 16.5. The fourth-order valence-electron chi connectivity index (χ4n) is 1.62. The highest BCUT2D eigenvalue weighted by molar-refractivity contribution is 5.65. The number of hydrogen-bond donors (Lipinski definition) is 2. The van der Waals surface area contributed by atoms with Gasteiger partial charge in [0, 0.05) is 18.9 Å². The highest BCUT2D eigenvalue weighted by Gasteiger charge is 2.17. The second kappa shape index (κ2) is 6.11. The lowest BCUT2D eigenvalue weighted by Crippen LogP contribution is -2.24. The second-order valence-electron chi connectivity index (χ2n) is 4.10. The molecular formula is C12H14N4O4. The quantitative estimate of drug-likeness (QED) is 0.854. The van der Waals surface area contributed by atoms with E-state index in [0.29, 0.717) is 12.4 Å². The molecule has 0 fully saturated rings. The van der Waals surface area contributed by atoms with E-state index in [-0.39, 0.29) is 5.89 Å². The van der Waals surface area contributed by atoms with Crippen LogP contribution in [0.2, 0.25) is 0 Å². The molecule has 2 N–H and O–H groups in total. The summed E-state index contributed by atoms with van der Waals surface area (Å²) in [6.07, 6.45) is 0.474. The molecule has 0 spiro atoms. The fourth-order valence-corrected chi connectivity index (χ4v) is 1.62. The van der Waals surface area contributed by atoms with Gasteiger partial charge in [-0.2, -0.15) is 4.98 Å². The van der Waals surface area contributed by atoms with Crippen molar-refractivity contribution < 1.29 is 19.2 Å². The standard InChI is InChI=1S/C12H14N4O4/c1-7(14-12(17)18)11-15-10(16-20-11)8-3-4-13-9(5-8)6-19-2/h3-5,7,14H,6H2,1-2H3,(H,17,18)/t7-/m0/s1. The summed E-state index contributed by atoms with van der Waals surface area (Å²) in [5.41, 5.74) is 1.47. The maximum atomic E-state index is 10.6. The minimum atomic E-state index is -1.15. The van der Waals surface area contributed by atoms with E-state index in [1.54, 1.807) is 32.4 Å². The fraction of sp³-hybridized carbons (Fsp3) is 0.333. The van der Waals surface area contributed by atoms with Crippen molar-refractivity contribution >= 4 is 6.09 Å². The van der Waals surface area contributed by atoms with Crippen molar-refractivity contribution in [2.24, 2.45) is 0 Å². The molecule has 20 heavy (non-hydrogen) atoms. The Bertz CT molecular complexity index is 599. The molecule has 2 aromatic rings. The summed E-state index contributed by atoms with van der Waals surface area (Å²) in [4.78, 5) is 18.9. The zero-order chi connectivity index (χ0) is 14.5. The van der Waals surface area contributed by atoms with Crippen molar-refractivity contribution in [2.75, 3.05) is 7.11 Å². The van der Waals surface area contributed by atoms with Crippen molar-refractivity contribution in [3.05, 3.63) is 29.9 Å². The van der Waals surface area contributed by atoms with Gasteiger partial charge in [-0.05, 0) is 19.1 Å². The van der Waals surface area contributed by atoms with Gasteiger partial charge < -0.3 is 19.7 Å². The number of carbonyl (C=O) groups is 1. The van der Waals surface area contributed by atoms with E-state index < -0.39 is 12.1 Å². The van der Waals surface area contributed by atoms with Crippen LogP contribution in [0.1, 0.15) is 24.6 Å². The molecule has 0 saturated heterocycles. The summed E-state index contributed by atoms with van der Waals surface area (Å²) < 4.78 is 10.0. The summed E-state index contributed by atoms with van der Waals surface area (Å²) >= 11 is 0. The number of nitrogens with zero attached hydrogens (tertiary/aromatic N) is 3. The lowest BCUT2D eigenvalue weighted by molar-refractivity contribution is 0.181. The Morgan fingerprint density at radius 2 is 2.40 bits per heavy atom. The monoisotopic (exact) mass is 278 g/mol.